The number of anilines is 2. The molecule has 1 aromatic heterocycles. The Hall–Kier alpha value is -2.83. The van der Waals surface area contributed by atoms with Crippen LogP contribution >= 0.6 is 0 Å². The monoisotopic (exact) mass is 316 g/mol. The van der Waals surface area contributed by atoms with Gasteiger partial charge in [-0.1, -0.05) is 6.07 Å². The van der Waals surface area contributed by atoms with Crippen molar-refractivity contribution < 1.29 is 14.3 Å². The van der Waals surface area contributed by atoms with Crippen molar-refractivity contribution in [3.8, 4) is 0 Å². The molecule has 0 radical (unpaired) electrons. The molecular formula is C16H20N4O3. The summed E-state index contributed by atoms with van der Waals surface area (Å²) >= 11 is 0. The predicted octanol–water partition coefficient (Wildman–Crippen LogP) is 3.02. The quantitative estimate of drug-likeness (QED) is 0.911. The van der Waals surface area contributed by atoms with Gasteiger partial charge in [-0.2, -0.15) is 5.10 Å². The molecule has 2 rings (SSSR count). The molecule has 0 bridgehead atoms. The van der Waals surface area contributed by atoms with E-state index in [4.69, 9.17) is 4.74 Å². The van der Waals surface area contributed by atoms with Gasteiger partial charge in [-0.3, -0.25) is 14.8 Å². The van der Waals surface area contributed by atoms with Gasteiger partial charge in [-0.25, -0.2) is 4.79 Å². The number of hydrogen-bond acceptors (Lipinski definition) is 4. The van der Waals surface area contributed by atoms with E-state index in [1.54, 1.807) is 69.0 Å². The molecule has 0 unspecified atom stereocenters. The van der Waals surface area contributed by atoms with Crippen molar-refractivity contribution in [3.05, 3.63) is 42.1 Å². The third kappa shape index (κ3) is 5.14. The van der Waals surface area contributed by atoms with Gasteiger partial charge in [-0.05, 0) is 39.0 Å². The Morgan fingerprint density at radius 1 is 1.17 bits per heavy atom. The number of amides is 2. The first-order chi connectivity index (χ1) is 10.7. The molecule has 2 amide bonds. The van der Waals surface area contributed by atoms with E-state index < -0.39 is 11.7 Å². The highest BCUT2D eigenvalue weighted by Gasteiger charge is 2.16. The molecule has 7 heteroatoms. The minimum Gasteiger partial charge on any atom is -0.444 e. The SMILES string of the molecule is Cn1ccc(NC(=O)c2cccc(NC(=O)OC(C)(C)C)c2)n1. The predicted molar refractivity (Wildman–Crippen MR) is 87.5 cm³/mol. The lowest BCUT2D eigenvalue weighted by molar-refractivity contribution is 0.0635. The fourth-order valence-electron chi connectivity index (χ4n) is 1.83. The maximum Gasteiger partial charge on any atom is 0.412 e. The van der Waals surface area contributed by atoms with E-state index >= 15 is 0 Å². The zero-order valence-electron chi connectivity index (χ0n) is 13.6. The topological polar surface area (TPSA) is 85.2 Å². The van der Waals surface area contributed by atoms with E-state index in [0.29, 0.717) is 17.1 Å². The molecule has 0 fully saturated rings. The van der Waals surface area contributed by atoms with E-state index in [-0.39, 0.29) is 5.91 Å². The van der Waals surface area contributed by atoms with E-state index in [1.807, 2.05) is 0 Å². The van der Waals surface area contributed by atoms with E-state index in [2.05, 4.69) is 15.7 Å². The number of nitrogens with one attached hydrogen (secondary N) is 2. The molecule has 0 atom stereocenters. The third-order valence-electron chi connectivity index (χ3n) is 2.73. The maximum absolute atomic E-state index is 12.2. The number of ether oxygens (including phenoxy) is 1. The third-order valence-corrected chi connectivity index (χ3v) is 2.73. The van der Waals surface area contributed by atoms with Crippen LogP contribution in [-0.4, -0.2) is 27.4 Å². The van der Waals surface area contributed by atoms with Crippen LogP contribution in [0.25, 0.3) is 0 Å². The lowest BCUT2D eigenvalue weighted by Crippen LogP contribution is -2.27. The Balaban J connectivity index is 2.04. The van der Waals surface area contributed by atoms with Crippen LogP contribution in [0.1, 0.15) is 31.1 Å². The number of nitrogens with zero attached hydrogens (tertiary/aromatic N) is 2. The lowest BCUT2D eigenvalue weighted by atomic mass is 10.2. The first kappa shape index (κ1) is 16.5. The number of rotatable bonds is 3. The summed E-state index contributed by atoms with van der Waals surface area (Å²) in [4.78, 5) is 23.9. The first-order valence-corrected chi connectivity index (χ1v) is 7.14. The van der Waals surface area contributed by atoms with Gasteiger partial charge in [0.1, 0.15) is 5.60 Å². The molecule has 2 aromatic rings. The van der Waals surface area contributed by atoms with Gasteiger partial charge >= 0.3 is 6.09 Å². The van der Waals surface area contributed by atoms with Crippen molar-refractivity contribution in [2.45, 2.75) is 26.4 Å². The van der Waals surface area contributed by atoms with Crippen molar-refractivity contribution >= 4 is 23.5 Å². The van der Waals surface area contributed by atoms with Crippen molar-refractivity contribution in [3.63, 3.8) is 0 Å². The first-order valence-electron chi connectivity index (χ1n) is 7.14. The number of carbonyl (C=O) groups excluding carboxylic acids is 2. The van der Waals surface area contributed by atoms with Crippen LogP contribution in [0.5, 0.6) is 0 Å². The van der Waals surface area contributed by atoms with Gasteiger partial charge in [0.15, 0.2) is 5.82 Å². The van der Waals surface area contributed by atoms with Crippen molar-refractivity contribution in [2.24, 2.45) is 7.05 Å². The minimum atomic E-state index is -0.585. The molecule has 0 saturated carbocycles. The van der Waals surface area contributed by atoms with E-state index in [9.17, 15) is 9.59 Å². The number of hydrogen-bond donors (Lipinski definition) is 2. The molecule has 0 saturated heterocycles. The van der Waals surface area contributed by atoms with Crippen LogP contribution in [0.4, 0.5) is 16.3 Å². The molecule has 0 aliphatic heterocycles. The largest absolute Gasteiger partial charge is 0.444 e. The Morgan fingerprint density at radius 2 is 1.91 bits per heavy atom. The van der Waals surface area contributed by atoms with Gasteiger partial charge in [0.05, 0.1) is 0 Å². The number of aryl methyl sites for hydroxylation is 1. The minimum absolute atomic E-state index is 0.309. The standard InChI is InChI=1S/C16H20N4O3/c1-16(2,3)23-15(22)17-12-7-5-6-11(10-12)14(21)18-13-8-9-20(4)19-13/h5-10H,1-4H3,(H,17,22)(H,18,19,21). The number of carbonyl (C=O) groups is 2. The maximum atomic E-state index is 12.2. The number of aromatic nitrogens is 2. The van der Waals surface area contributed by atoms with Crippen LogP contribution in [0.15, 0.2) is 36.5 Å². The molecular weight excluding hydrogens is 296 g/mol. The fraction of sp³-hybridized carbons (Fsp3) is 0.312. The van der Waals surface area contributed by atoms with E-state index in [0.717, 1.165) is 0 Å². The molecule has 2 N–H and O–H groups in total. The van der Waals surface area contributed by atoms with E-state index in [1.165, 1.54) is 0 Å². The molecule has 1 aromatic carbocycles. The van der Waals surface area contributed by atoms with Crippen molar-refractivity contribution in [2.75, 3.05) is 10.6 Å². The molecule has 7 nitrogen and oxygen atoms in total. The van der Waals surface area contributed by atoms with Crippen LogP contribution in [-0.2, 0) is 11.8 Å². The highest BCUT2D eigenvalue weighted by atomic mass is 16.6. The fourth-order valence-corrected chi connectivity index (χ4v) is 1.83. The zero-order valence-corrected chi connectivity index (χ0v) is 13.6. The summed E-state index contributed by atoms with van der Waals surface area (Å²) < 4.78 is 6.77. The van der Waals surface area contributed by atoms with Gasteiger partial charge in [0.2, 0.25) is 0 Å². The summed E-state index contributed by atoms with van der Waals surface area (Å²) in [6.07, 6.45) is 1.16. The summed E-state index contributed by atoms with van der Waals surface area (Å²) in [5.41, 5.74) is 0.301. The average Bonchev–Trinajstić information content (AvgIpc) is 2.82. The Morgan fingerprint density at radius 3 is 2.52 bits per heavy atom. The summed E-state index contributed by atoms with van der Waals surface area (Å²) in [6.45, 7) is 5.34. The molecule has 122 valence electrons. The van der Waals surface area contributed by atoms with Gasteiger partial charge < -0.3 is 10.1 Å². The summed E-state index contributed by atoms with van der Waals surface area (Å²) in [7, 11) is 1.76. The van der Waals surface area contributed by atoms with Crippen LogP contribution in [0.3, 0.4) is 0 Å². The highest BCUT2D eigenvalue weighted by Crippen LogP contribution is 2.15. The summed E-state index contributed by atoms with van der Waals surface area (Å²) in [5, 5.41) is 9.37. The van der Waals surface area contributed by atoms with Gasteiger partial charge in [-0.15, -0.1) is 0 Å². The smallest absolute Gasteiger partial charge is 0.412 e. The average molecular weight is 316 g/mol. The second-order valence-corrected chi connectivity index (χ2v) is 6.04. The normalized spacial score (nSPS) is 11.0. The molecule has 1 heterocycles. The van der Waals surface area contributed by atoms with Crippen molar-refractivity contribution in [1.29, 1.82) is 0 Å². The second kappa shape index (κ2) is 6.51. The van der Waals surface area contributed by atoms with Crippen LogP contribution in [0.2, 0.25) is 0 Å². The van der Waals surface area contributed by atoms with Crippen LogP contribution < -0.4 is 10.6 Å². The summed E-state index contributed by atoms with van der Waals surface area (Å²) in [5.74, 6) is 0.152. The molecule has 23 heavy (non-hydrogen) atoms. The zero-order chi connectivity index (χ0) is 17.0. The molecule has 0 aliphatic carbocycles. The van der Waals surface area contributed by atoms with Gasteiger partial charge in [0.25, 0.3) is 5.91 Å². The molecule has 0 aliphatic rings. The highest BCUT2D eigenvalue weighted by molar-refractivity contribution is 6.04. The Kier molecular flexibility index (Phi) is 4.68. The lowest BCUT2D eigenvalue weighted by Gasteiger charge is -2.19. The number of benzene rings is 1. The second-order valence-electron chi connectivity index (χ2n) is 6.04. The van der Waals surface area contributed by atoms with Crippen LogP contribution in [0, 0.1) is 0 Å². The Bertz CT molecular complexity index is 716. The van der Waals surface area contributed by atoms with Gasteiger partial charge in [0, 0.05) is 30.6 Å². The Labute approximate surface area is 134 Å². The summed E-state index contributed by atoms with van der Waals surface area (Å²) in [6, 6.07) is 8.28. The molecule has 0 spiro atoms. The van der Waals surface area contributed by atoms with Crippen molar-refractivity contribution in [1.82, 2.24) is 9.78 Å².